The first-order valence-corrected chi connectivity index (χ1v) is 6.76. The quantitative estimate of drug-likeness (QED) is 0.774. The van der Waals surface area contributed by atoms with E-state index in [2.05, 4.69) is 10.5 Å². The van der Waals surface area contributed by atoms with Crippen molar-refractivity contribution in [2.75, 3.05) is 13.2 Å². The van der Waals surface area contributed by atoms with E-state index in [1.807, 2.05) is 0 Å². The highest BCUT2D eigenvalue weighted by molar-refractivity contribution is 5.80. The molecular weight excluding hydrogens is 307 g/mol. The summed E-state index contributed by atoms with van der Waals surface area (Å²) < 4.78 is 27.2. The second kappa shape index (κ2) is 7.92. The minimum absolute atomic E-state index is 0.167. The molecule has 1 amide bonds. The first kappa shape index (κ1) is 16.5. The Morgan fingerprint density at radius 1 is 1.26 bits per heavy atom. The van der Waals surface area contributed by atoms with E-state index in [4.69, 9.17) is 14.0 Å². The highest BCUT2D eigenvalue weighted by Gasteiger charge is 2.10. The molecule has 8 heteroatoms. The third-order valence-electron chi connectivity index (χ3n) is 2.71. The second-order valence-electron chi connectivity index (χ2n) is 4.63. The van der Waals surface area contributed by atoms with Gasteiger partial charge in [0.2, 0.25) is 0 Å². The Kier molecular flexibility index (Phi) is 5.67. The minimum Gasteiger partial charge on any atom is -0.463 e. The Bertz CT molecular complexity index is 669. The van der Waals surface area contributed by atoms with Crippen molar-refractivity contribution in [1.82, 2.24) is 10.5 Å². The third-order valence-corrected chi connectivity index (χ3v) is 2.71. The van der Waals surface area contributed by atoms with Gasteiger partial charge in [0.05, 0.1) is 0 Å². The van der Waals surface area contributed by atoms with E-state index in [-0.39, 0.29) is 24.8 Å². The van der Waals surface area contributed by atoms with Crippen LogP contribution in [0.1, 0.15) is 11.3 Å². The van der Waals surface area contributed by atoms with Crippen LogP contribution in [0.4, 0.5) is 4.39 Å². The maximum atomic E-state index is 12.7. The molecule has 122 valence electrons. The fourth-order valence-corrected chi connectivity index (χ4v) is 1.59. The van der Waals surface area contributed by atoms with Crippen LogP contribution in [-0.2, 0) is 20.9 Å². The summed E-state index contributed by atoms with van der Waals surface area (Å²) in [5, 5.41) is 6.09. The summed E-state index contributed by atoms with van der Waals surface area (Å²) >= 11 is 0. The van der Waals surface area contributed by atoms with Gasteiger partial charge in [0.15, 0.2) is 13.2 Å². The molecule has 0 aliphatic rings. The Balaban J connectivity index is 1.63. The van der Waals surface area contributed by atoms with Crippen molar-refractivity contribution in [2.45, 2.75) is 13.5 Å². The lowest BCUT2D eigenvalue weighted by Gasteiger charge is -2.07. The third kappa shape index (κ3) is 5.77. The van der Waals surface area contributed by atoms with Crippen LogP contribution in [0.15, 0.2) is 34.9 Å². The van der Waals surface area contributed by atoms with Gasteiger partial charge < -0.3 is 19.3 Å². The maximum Gasteiger partial charge on any atom is 0.344 e. The fourth-order valence-electron chi connectivity index (χ4n) is 1.59. The van der Waals surface area contributed by atoms with Gasteiger partial charge in [0, 0.05) is 12.6 Å². The van der Waals surface area contributed by atoms with Crippen LogP contribution in [0.25, 0.3) is 0 Å². The van der Waals surface area contributed by atoms with Gasteiger partial charge in [0.1, 0.15) is 11.6 Å². The number of benzene rings is 1. The monoisotopic (exact) mass is 322 g/mol. The molecule has 1 N–H and O–H groups in total. The van der Waals surface area contributed by atoms with Crippen molar-refractivity contribution >= 4 is 11.9 Å². The smallest absolute Gasteiger partial charge is 0.344 e. The Labute approximate surface area is 131 Å². The van der Waals surface area contributed by atoms with Gasteiger partial charge in [-0.05, 0) is 29.8 Å². The van der Waals surface area contributed by atoms with Gasteiger partial charge in [-0.1, -0.05) is 12.1 Å². The molecule has 0 atom stereocenters. The molecule has 2 rings (SSSR count). The van der Waals surface area contributed by atoms with Crippen molar-refractivity contribution in [3.8, 4) is 5.88 Å². The Morgan fingerprint density at radius 3 is 2.65 bits per heavy atom. The molecule has 0 radical (unpaired) electrons. The molecule has 0 spiro atoms. The van der Waals surface area contributed by atoms with Crippen LogP contribution in [0, 0.1) is 12.7 Å². The number of rotatable bonds is 7. The molecule has 0 saturated heterocycles. The molecule has 2 aromatic rings. The SMILES string of the molecule is Cc1cc(OCC(=O)OCC(=O)NCc2ccc(F)cc2)no1. The van der Waals surface area contributed by atoms with Crippen LogP contribution in [-0.4, -0.2) is 30.2 Å². The molecule has 0 saturated carbocycles. The number of hydrogen-bond donors (Lipinski definition) is 1. The summed E-state index contributed by atoms with van der Waals surface area (Å²) in [6.45, 7) is 1.09. The summed E-state index contributed by atoms with van der Waals surface area (Å²) in [7, 11) is 0. The lowest BCUT2D eigenvalue weighted by Crippen LogP contribution is -2.29. The number of carbonyl (C=O) groups excluding carboxylic acids is 2. The predicted molar refractivity (Wildman–Crippen MR) is 75.9 cm³/mol. The highest BCUT2D eigenvalue weighted by Crippen LogP contribution is 2.09. The van der Waals surface area contributed by atoms with Crippen molar-refractivity contribution < 1.29 is 28.0 Å². The van der Waals surface area contributed by atoms with E-state index in [0.717, 1.165) is 5.56 Å². The number of aryl methyl sites for hydroxylation is 1. The molecule has 0 fully saturated rings. The zero-order valence-electron chi connectivity index (χ0n) is 12.4. The predicted octanol–water partition coefficient (Wildman–Crippen LogP) is 1.36. The molecule has 0 aliphatic carbocycles. The van der Waals surface area contributed by atoms with Crippen molar-refractivity contribution in [1.29, 1.82) is 0 Å². The van der Waals surface area contributed by atoms with Gasteiger partial charge in [-0.3, -0.25) is 4.79 Å². The van der Waals surface area contributed by atoms with Gasteiger partial charge >= 0.3 is 5.97 Å². The number of ether oxygens (including phenoxy) is 2. The van der Waals surface area contributed by atoms with Crippen LogP contribution in [0.2, 0.25) is 0 Å². The number of aromatic nitrogens is 1. The number of nitrogens with one attached hydrogen (secondary N) is 1. The van der Waals surface area contributed by atoms with E-state index in [0.29, 0.717) is 5.76 Å². The fraction of sp³-hybridized carbons (Fsp3) is 0.267. The number of carbonyl (C=O) groups is 2. The van der Waals surface area contributed by atoms with Crippen molar-refractivity contribution in [3.05, 3.63) is 47.5 Å². The lowest BCUT2D eigenvalue weighted by atomic mass is 10.2. The summed E-state index contributed by atoms with van der Waals surface area (Å²) in [6, 6.07) is 7.21. The van der Waals surface area contributed by atoms with E-state index >= 15 is 0 Å². The van der Waals surface area contributed by atoms with Gasteiger partial charge in [-0.2, -0.15) is 0 Å². The number of nitrogens with zero attached hydrogens (tertiary/aromatic N) is 1. The summed E-state index contributed by atoms with van der Waals surface area (Å²) in [5.74, 6) is -0.812. The van der Waals surface area contributed by atoms with Crippen LogP contribution < -0.4 is 10.1 Å². The average Bonchev–Trinajstić information content (AvgIpc) is 2.96. The zero-order chi connectivity index (χ0) is 16.7. The molecule has 0 aliphatic heterocycles. The van der Waals surface area contributed by atoms with Gasteiger partial charge in [-0.25, -0.2) is 9.18 Å². The van der Waals surface area contributed by atoms with E-state index in [9.17, 15) is 14.0 Å². The van der Waals surface area contributed by atoms with Gasteiger partial charge in [0.25, 0.3) is 11.8 Å². The van der Waals surface area contributed by atoms with Crippen LogP contribution in [0.5, 0.6) is 5.88 Å². The molecule has 7 nitrogen and oxygen atoms in total. The number of esters is 1. The summed E-state index contributed by atoms with van der Waals surface area (Å²) in [4.78, 5) is 22.9. The largest absolute Gasteiger partial charge is 0.463 e. The Morgan fingerprint density at radius 2 is 2.00 bits per heavy atom. The standard InChI is InChI=1S/C15H15FN2O5/c1-10-6-14(18-23-10)21-9-15(20)22-8-13(19)17-7-11-2-4-12(16)5-3-11/h2-6H,7-9H2,1H3,(H,17,19). The van der Waals surface area contributed by atoms with E-state index in [1.165, 1.54) is 18.2 Å². The van der Waals surface area contributed by atoms with Crippen LogP contribution >= 0.6 is 0 Å². The molecule has 0 bridgehead atoms. The molecule has 0 unspecified atom stereocenters. The van der Waals surface area contributed by atoms with Crippen molar-refractivity contribution in [3.63, 3.8) is 0 Å². The topological polar surface area (TPSA) is 90.7 Å². The van der Waals surface area contributed by atoms with E-state index in [1.54, 1.807) is 19.1 Å². The molecule has 1 aromatic heterocycles. The average molecular weight is 322 g/mol. The second-order valence-corrected chi connectivity index (χ2v) is 4.63. The Hall–Kier alpha value is -2.90. The summed E-state index contributed by atoms with van der Waals surface area (Å²) in [5.41, 5.74) is 0.732. The maximum absolute atomic E-state index is 12.7. The summed E-state index contributed by atoms with van der Waals surface area (Å²) in [6.07, 6.45) is 0. The zero-order valence-corrected chi connectivity index (χ0v) is 12.4. The number of amides is 1. The molecular formula is C15H15FN2O5. The lowest BCUT2D eigenvalue weighted by molar-refractivity contribution is -0.150. The van der Waals surface area contributed by atoms with E-state index < -0.39 is 18.5 Å². The molecule has 1 aromatic carbocycles. The first-order valence-electron chi connectivity index (χ1n) is 6.76. The molecule has 1 heterocycles. The number of halogens is 1. The van der Waals surface area contributed by atoms with Crippen molar-refractivity contribution in [2.24, 2.45) is 0 Å². The molecule has 23 heavy (non-hydrogen) atoms. The highest BCUT2D eigenvalue weighted by atomic mass is 19.1. The first-order chi connectivity index (χ1) is 11.0. The normalized spacial score (nSPS) is 10.2. The minimum atomic E-state index is -0.706. The van der Waals surface area contributed by atoms with Crippen LogP contribution in [0.3, 0.4) is 0 Å². The van der Waals surface area contributed by atoms with Gasteiger partial charge in [-0.15, -0.1) is 0 Å². The number of hydrogen-bond acceptors (Lipinski definition) is 6.